The number of carbonyl (C=O) groups is 4. The monoisotopic (exact) mass is 769 g/mol. The number of benzene rings is 1. The molecule has 1 N–H and O–H groups in total. The van der Waals surface area contributed by atoms with Crippen molar-refractivity contribution in [3.05, 3.63) is 69.3 Å². The summed E-state index contributed by atoms with van der Waals surface area (Å²) in [5.74, 6) is -3.99. The summed E-state index contributed by atoms with van der Waals surface area (Å²) in [6, 6.07) is 4.91. The Kier molecular flexibility index (Phi) is 10.9. The Morgan fingerprint density at radius 1 is 1.11 bits per heavy atom. The Morgan fingerprint density at radius 3 is 2.58 bits per heavy atom. The maximum Gasteiger partial charge on any atom is 0.330 e. The first-order valence-electron chi connectivity index (χ1n) is 18.6. The van der Waals surface area contributed by atoms with Crippen molar-refractivity contribution in [2.24, 2.45) is 22.7 Å². The lowest BCUT2D eigenvalue weighted by Gasteiger charge is -2.62. The van der Waals surface area contributed by atoms with Gasteiger partial charge in [0.15, 0.2) is 29.4 Å². The average Bonchev–Trinajstić information content (AvgIpc) is 3.54. The third kappa shape index (κ3) is 6.99. The molecule has 0 aromatic heterocycles. The van der Waals surface area contributed by atoms with Crippen LogP contribution >= 0.6 is 0 Å². The highest BCUT2D eigenvalue weighted by atomic mass is 19.1. The number of methoxy groups -OCH3 is 1. The molecule has 14 nitrogen and oxygen atoms in total. The number of hydrogen-bond acceptors (Lipinski definition) is 13. The summed E-state index contributed by atoms with van der Waals surface area (Å²) in [4.78, 5) is 66.3. The van der Waals surface area contributed by atoms with E-state index in [1.54, 1.807) is 45.0 Å². The first-order chi connectivity index (χ1) is 25.9. The van der Waals surface area contributed by atoms with Crippen LogP contribution < -0.4 is 4.74 Å². The molecule has 0 bridgehead atoms. The highest BCUT2D eigenvalue weighted by molar-refractivity contribution is 6.01. The zero-order chi connectivity index (χ0) is 40.0. The number of ether oxygens (including phenoxy) is 5. The van der Waals surface area contributed by atoms with Crippen LogP contribution in [0.5, 0.6) is 5.75 Å². The van der Waals surface area contributed by atoms with Crippen molar-refractivity contribution in [3.63, 3.8) is 0 Å². The molecule has 1 unspecified atom stereocenters. The fourth-order valence-corrected chi connectivity index (χ4v) is 10.0. The predicted octanol–water partition coefficient (Wildman–Crippen LogP) is 4.77. The van der Waals surface area contributed by atoms with Crippen molar-refractivity contribution in [2.45, 2.75) is 102 Å². The molecule has 15 heteroatoms. The van der Waals surface area contributed by atoms with E-state index in [9.17, 15) is 34.4 Å². The van der Waals surface area contributed by atoms with Crippen molar-refractivity contribution < 1.29 is 62.3 Å². The van der Waals surface area contributed by atoms with Gasteiger partial charge in [-0.3, -0.25) is 14.4 Å². The molecule has 4 fully saturated rings. The van der Waals surface area contributed by atoms with Gasteiger partial charge in [-0.1, -0.05) is 30.7 Å². The van der Waals surface area contributed by atoms with Gasteiger partial charge in [-0.15, -0.1) is 10.1 Å². The predicted molar refractivity (Wildman–Crippen MR) is 191 cm³/mol. The summed E-state index contributed by atoms with van der Waals surface area (Å²) >= 11 is 0. The summed E-state index contributed by atoms with van der Waals surface area (Å²) in [5, 5.41) is 21.1. The van der Waals surface area contributed by atoms with Crippen LogP contribution in [0.2, 0.25) is 0 Å². The van der Waals surface area contributed by atoms with Crippen molar-refractivity contribution in [3.8, 4) is 5.75 Å². The van der Waals surface area contributed by atoms with Crippen molar-refractivity contribution in [1.82, 2.24) is 0 Å². The fourth-order valence-electron chi connectivity index (χ4n) is 10.0. The van der Waals surface area contributed by atoms with Crippen LogP contribution in [0.1, 0.15) is 77.3 Å². The minimum Gasteiger partial charge on any atom is -0.496 e. The minimum atomic E-state index is -2.10. The van der Waals surface area contributed by atoms with Gasteiger partial charge in [-0.2, -0.15) is 0 Å². The Balaban J connectivity index is 1.12. The maximum atomic E-state index is 17.7. The van der Waals surface area contributed by atoms with Gasteiger partial charge in [-0.25, -0.2) is 9.18 Å². The minimum absolute atomic E-state index is 0.0658. The third-order valence-corrected chi connectivity index (χ3v) is 12.4. The number of unbranched alkanes of at least 4 members (excludes halogenated alkanes) is 1. The van der Waals surface area contributed by atoms with Gasteiger partial charge in [0.05, 0.1) is 39.0 Å². The molecule has 5 aliphatic rings. The Morgan fingerprint density at radius 2 is 1.85 bits per heavy atom. The van der Waals surface area contributed by atoms with Crippen LogP contribution in [-0.4, -0.2) is 89.9 Å². The Bertz CT molecular complexity index is 1840. The summed E-state index contributed by atoms with van der Waals surface area (Å²) in [6.45, 7) is 6.31. The molecule has 0 amide bonds. The number of fused-ring (bicyclic) bond motifs is 7. The molecule has 1 saturated heterocycles. The number of esters is 2. The standard InChI is InChI=1S/C40H48FNO13/c1-36(2)54-33-21-29-28-12-11-26-20-27(43)14-15-37(26,3)39(28,41)31(44)22-38(29,4)40(33,55-36)32(45)23-52-35(47)19-25-10-8-24(18-30(25)50-5)9-13-34(46)51-16-6-7-17-53-42(48)49/h8-10,13-15,18,20,28-29,31,33,44H,6-7,11-12,16-17,19,21-23H2,1-5H3/b13-9+/t28?,29-,31-,33+,37-,38-,39-,40+/m0/s1. The summed E-state index contributed by atoms with van der Waals surface area (Å²) in [7, 11) is 1.42. The van der Waals surface area contributed by atoms with E-state index in [1.165, 1.54) is 31.4 Å². The largest absolute Gasteiger partial charge is 0.496 e. The van der Waals surface area contributed by atoms with Gasteiger partial charge in [0, 0.05) is 28.4 Å². The number of nitrogens with zero attached hydrogens (tertiary/aromatic N) is 1. The second-order valence-electron chi connectivity index (χ2n) is 15.9. The van der Waals surface area contributed by atoms with Gasteiger partial charge >= 0.3 is 11.9 Å². The number of rotatable bonds is 14. The van der Waals surface area contributed by atoms with E-state index in [0.29, 0.717) is 54.6 Å². The molecule has 4 aliphatic carbocycles. The van der Waals surface area contributed by atoms with Crippen molar-refractivity contribution in [2.75, 3.05) is 26.9 Å². The number of hydrogen-bond donors (Lipinski definition) is 1. The lowest BCUT2D eigenvalue weighted by atomic mass is 9.44. The van der Waals surface area contributed by atoms with E-state index in [1.807, 2.05) is 6.92 Å². The molecular weight excluding hydrogens is 721 g/mol. The van der Waals surface area contributed by atoms with Crippen LogP contribution in [0.3, 0.4) is 0 Å². The molecule has 3 saturated carbocycles. The molecular formula is C40H48FNO13. The molecule has 55 heavy (non-hydrogen) atoms. The molecule has 1 aliphatic heterocycles. The van der Waals surface area contributed by atoms with Crippen LogP contribution in [0.4, 0.5) is 4.39 Å². The topological polar surface area (TPSA) is 187 Å². The molecule has 1 heterocycles. The number of allylic oxidation sites excluding steroid dienone is 4. The Labute approximate surface area is 318 Å². The number of aliphatic hydroxyl groups excluding tert-OH is 1. The van der Waals surface area contributed by atoms with E-state index < -0.39 is 81.3 Å². The molecule has 0 spiro atoms. The van der Waals surface area contributed by atoms with E-state index in [4.69, 9.17) is 23.7 Å². The molecule has 1 aromatic rings. The Hall–Kier alpha value is -4.47. The highest BCUT2D eigenvalue weighted by Gasteiger charge is 2.80. The van der Waals surface area contributed by atoms with Crippen molar-refractivity contribution >= 4 is 29.6 Å². The molecule has 0 radical (unpaired) electrons. The lowest BCUT2D eigenvalue weighted by molar-refractivity contribution is -0.757. The molecule has 6 rings (SSSR count). The SMILES string of the molecule is COc1cc(/C=C/C(=O)OCCCCO[N+](=O)[O-])ccc1CC(=O)OCC(=O)[C@@]12OC(C)(C)O[C@@H]1C[C@H]1C3CCC4=CC(=O)C=C[C@]4(C)[C@@]3(F)[C@@H](O)C[C@@]12C. The van der Waals surface area contributed by atoms with Gasteiger partial charge in [0.2, 0.25) is 5.78 Å². The van der Waals surface area contributed by atoms with Crippen LogP contribution in [-0.2, 0) is 49.4 Å². The number of aliphatic hydroxyl groups is 1. The molecule has 298 valence electrons. The summed E-state index contributed by atoms with van der Waals surface area (Å²) in [6.07, 6.45) is 6.41. The average molecular weight is 770 g/mol. The van der Waals surface area contributed by atoms with Crippen LogP contribution in [0, 0.1) is 32.8 Å². The number of Topliss-reactive ketones (excluding diaryl/α,β-unsaturated/α-hetero) is 1. The zero-order valence-electron chi connectivity index (χ0n) is 31.7. The van der Waals surface area contributed by atoms with Gasteiger partial charge in [0.25, 0.3) is 5.09 Å². The van der Waals surface area contributed by atoms with Gasteiger partial charge < -0.3 is 33.6 Å². The third-order valence-electron chi connectivity index (χ3n) is 12.4. The first-order valence-corrected chi connectivity index (χ1v) is 18.6. The normalized spacial score (nSPS) is 34.2. The number of halogens is 1. The van der Waals surface area contributed by atoms with E-state index in [0.717, 1.165) is 0 Å². The van der Waals surface area contributed by atoms with E-state index in [2.05, 4.69) is 4.84 Å². The molecule has 8 atom stereocenters. The zero-order valence-corrected chi connectivity index (χ0v) is 31.7. The summed E-state index contributed by atoms with van der Waals surface area (Å²) < 4.78 is 46.7. The van der Waals surface area contributed by atoms with Crippen LogP contribution in [0.25, 0.3) is 6.08 Å². The molecule has 1 aromatic carbocycles. The quantitative estimate of drug-likeness (QED) is 0.0898. The highest BCUT2D eigenvalue weighted by Crippen LogP contribution is 2.72. The van der Waals surface area contributed by atoms with Gasteiger partial charge in [0.1, 0.15) is 5.75 Å². The van der Waals surface area contributed by atoms with Crippen LogP contribution in [0.15, 0.2) is 48.1 Å². The first kappa shape index (κ1) is 40.2. The number of alkyl halides is 1. The van der Waals surface area contributed by atoms with Gasteiger partial charge in [-0.05, 0) is 95.1 Å². The summed E-state index contributed by atoms with van der Waals surface area (Å²) in [5.41, 5.74) is -4.30. The van der Waals surface area contributed by atoms with E-state index >= 15 is 4.39 Å². The number of carbonyl (C=O) groups excluding carboxylic acids is 4. The maximum absolute atomic E-state index is 17.7. The number of ketones is 2. The van der Waals surface area contributed by atoms with Crippen molar-refractivity contribution in [1.29, 1.82) is 0 Å². The lowest BCUT2D eigenvalue weighted by Crippen LogP contribution is -2.70. The second-order valence-corrected chi connectivity index (χ2v) is 15.9. The smallest absolute Gasteiger partial charge is 0.330 e. The van der Waals surface area contributed by atoms with E-state index in [-0.39, 0.29) is 31.8 Å². The fraction of sp³-hybridized carbons (Fsp3) is 0.600. The second kappa shape index (κ2) is 14.9.